The Kier molecular flexibility index (Phi) is 2.28. The molecule has 0 N–H and O–H groups in total. The van der Waals surface area contributed by atoms with Crippen molar-refractivity contribution in [1.82, 2.24) is 0 Å². The molecule has 5 heteroatoms. The van der Waals surface area contributed by atoms with Gasteiger partial charge in [-0.1, -0.05) is 0 Å². The van der Waals surface area contributed by atoms with Crippen molar-refractivity contribution in [1.29, 1.82) is 0 Å². The van der Waals surface area contributed by atoms with Crippen LogP contribution in [-0.4, -0.2) is 11.8 Å². The average molecular weight is 303 g/mol. The van der Waals surface area contributed by atoms with Gasteiger partial charge >= 0.3 is 0 Å². The Labute approximate surface area is 126 Å². The normalized spacial score (nSPS) is 41.6. The van der Waals surface area contributed by atoms with Crippen LogP contribution in [0.3, 0.4) is 0 Å². The van der Waals surface area contributed by atoms with Crippen LogP contribution in [0.15, 0.2) is 18.2 Å². The van der Waals surface area contributed by atoms with Crippen LogP contribution >= 0.6 is 0 Å². The van der Waals surface area contributed by atoms with Crippen molar-refractivity contribution >= 4 is 17.5 Å². The second kappa shape index (κ2) is 3.94. The second-order valence-corrected chi connectivity index (χ2v) is 7.16. The third-order valence-corrected chi connectivity index (χ3v) is 6.25. The lowest BCUT2D eigenvalue weighted by Crippen LogP contribution is -2.43. The lowest BCUT2D eigenvalue weighted by atomic mass is 9.59. The fraction of sp³-hybridized carbons (Fsp3) is 0.529. The minimum absolute atomic E-state index is 0.0370. The highest BCUT2D eigenvalue weighted by Crippen LogP contribution is 2.68. The standard InChI is InChI=1S/C17H15F2NO2/c18-7-3-8(19)5-9(4-7)20-16(21)14-10-1-2-11(13-6-12(10)13)15(14)17(20)22/h3-5,10-15H,1-2,6H2/t10-,11+,12+,13-,14-,15+. The molecule has 1 aromatic rings. The van der Waals surface area contributed by atoms with E-state index in [2.05, 4.69) is 0 Å². The highest BCUT2D eigenvalue weighted by Gasteiger charge is 2.68. The number of amides is 2. The monoisotopic (exact) mass is 303 g/mol. The van der Waals surface area contributed by atoms with Crippen molar-refractivity contribution in [2.24, 2.45) is 35.5 Å². The van der Waals surface area contributed by atoms with Crippen LogP contribution in [0.2, 0.25) is 0 Å². The zero-order valence-corrected chi connectivity index (χ0v) is 11.8. The first-order chi connectivity index (χ1) is 10.6. The van der Waals surface area contributed by atoms with Crippen molar-refractivity contribution in [3.63, 3.8) is 0 Å². The van der Waals surface area contributed by atoms with Gasteiger partial charge in [0.2, 0.25) is 11.8 Å². The minimum atomic E-state index is -0.767. The molecule has 2 bridgehead atoms. The summed E-state index contributed by atoms with van der Waals surface area (Å²) in [5.41, 5.74) is 0.0370. The lowest BCUT2D eigenvalue weighted by Gasteiger charge is -2.42. The third-order valence-electron chi connectivity index (χ3n) is 6.25. The smallest absolute Gasteiger partial charge is 0.237 e. The van der Waals surface area contributed by atoms with E-state index in [1.807, 2.05) is 0 Å². The van der Waals surface area contributed by atoms with Crippen molar-refractivity contribution < 1.29 is 18.4 Å². The van der Waals surface area contributed by atoms with Gasteiger partial charge in [-0.05, 0) is 55.1 Å². The quantitative estimate of drug-likeness (QED) is 0.748. The molecule has 1 saturated heterocycles. The van der Waals surface area contributed by atoms with Crippen LogP contribution in [0.25, 0.3) is 0 Å². The number of benzene rings is 1. The summed E-state index contributed by atoms with van der Waals surface area (Å²) in [5.74, 6) is -0.781. The van der Waals surface area contributed by atoms with Crippen molar-refractivity contribution in [3.8, 4) is 0 Å². The van der Waals surface area contributed by atoms with E-state index in [-0.39, 0.29) is 29.3 Å². The fourth-order valence-corrected chi connectivity index (χ4v) is 5.46. The summed E-state index contributed by atoms with van der Waals surface area (Å²) >= 11 is 0. The maximum Gasteiger partial charge on any atom is 0.237 e. The van der Waals surface area contributed by atoms with Gasteiger partial charge in [-0.3, -0.25) is 9.59 Å². The molecule has 1 heterocycles. The maximum absolute atomic E-state index is 13.5. The third kappa shape index (κ3) is 1.44. The van der Waals surface area contributed by atoms with E-state index < -0.39 is 11.6 Å². The molecule has 1 aromatic carbocycles. The molecular formula is C17H15F2NO2. The molecule has 0 aromatic heterocycles. The predicted molar refractivity (Wildman–Crippen MR) is 73.6 cm³/mol. The predicted octanol–water partition coefficient (Wildman–Crippen LogP) is 2.75. The largest absolute Gasteiger partial charge is 0.274 e. The molecule has 6 atom stereocenters. The number of hydrogen-bond donors (Lipinski definition) is 0. The molecule has 3 nitrogen and oxygen atoms in total. The van der Waals surface area contributed by atoms with Crippen LogP contribution in [0, 0.1) is 47.1 Å². The van der Waals surface area contributed by atoms with Gasteiger partial charge in [-0.2, -0.15) is 0 Å². The molecule has 5 aliphatic rings. The molecule has 1 aliphatic heterocycles. The average Bonchev–Trinajstić information content (AvgIpc) is 3.23. The minimum Gasteiger partial charge on any atom is -0.274 e. The van der Waals surface area contributed by atoms with Gasteiger partial charge in [-0.25, -0.2) is 13.7 Å². The molecule has 22 heavy (non-hydrogen) atoms. The summed E-state index contributed by atoms with van der Waals surface area (Å²) in [6, 6.07) is 2.89. The van der Waals surface area contributed by atoms with Gasteiger partial charge in [0.25, 0.3) is 0 Å². The van der Waals surface area contributed by atoms with E-state index in [1.54, 1.807) is 0 Å². The van der Waals surface area contributed by atoms with E-state index in [0.717, 1.165) is 42.4 Å². The Hall–Kier alpha value is -1.78. The second-order valence-electron chi connectivity index (χ2n) is 7.16. The Balaban J connectivity index is 1.59. The summed E-state index contributed by atoms with van der Waals surface area (Å²) in [6.45, 7) is 0. The number of hydrogen-bond acceptors (Lipinski definition) is 2. The first kappa shape index (κ1) is 12.7. The van der Waals surface area contributed by atoms with E-state index in [4.69, 9.17) is 0 Å². The lowest BCUT2D eigenvalue weighted by molar-refractivity contribution is -0.129. The molecule has 4 saturated carbocycles. The molecule has 0 radical (unpaired) electrons. The topological polar surface area (TPSA) is 37.4 Å². The molecule has 6 rings (SSSR count). The zero-order valence-electron chi connectivity index (χ0n) is 11.8. The number of carbonyl (C=O) groups excluding carboxylic acids is 2. The highest BCUT2D eigenvalue weighted by atomic mass is 19.1. The van der Waals surface area contributed by atoms with Gasteiger partial charge < -0.3 is 0 Å². The molecule has 5 fully saturated rings. The van der Waals surface area contributed by atoms with Gasteiger partial charge in [0, 0.05) is 6.07 Å². The van der Waals surface area contributed by atoms with E-state index in [0.29, 0.717) is 23.7 Å². The molecule has 2 amide bonds. The van der Waals surface area contributed by atoms with Gasteiger partial charge in [0.05, 0.1) is 17.5 Å². The fourth-order valence-electron chi connectivity index (χ4n) is 5.46. The Bertz CT molecular complexity index is 664. The van der Waals surface area contributed by atoms with E-state index in [9.17, 15) is 18.4 Å². The number of rotatable bonds is 1. The van der Waals surface area contributed by atoms with Gasteiger partial charge in [0.15, 0.2) is 0 Å². The number of imide groups is 1. The zero-order chi connectivity index (χ0) is 15.2. The van der Waals surface area contributed by atoms with E-state index >= 15 is 0 Å². The number of halogens is 2. The van der Waals surface area contributed by atoms with Crippen molar-refractivity contribution in [2.75, 3.05) is 4.90 Å². The molecule has 0 spiro atoms. The SMILES string of the molecule is O=C1[C@@H]2[C@@H]3CC[C@@H]([C@H]4C[C@H]43)[C@@H]2C(=O)N1c1cc(F)cc(F)c1. The van der Waals surface area contributed by atoms with Crippen LogP contribution in [0.1, 0.15) is 19.3 Å². The van der Waals surface area contributed by atoms with Crippen molar-refractivity contribution in [2.45, 2.75) is 19.3 Å². The first-order valence-corrected chi connectivity index (χ1v) is 7.90. The van der Waals surface area contributed by atoms with Crippen LogP contribution < -0.4 is 4.90 Å². The molecule has 0 unspecified atom stereocenters. The summed E-state index contributed by atoms with van der Waals surface area (Å²) in [4.78, 5) is 26.6. The first-order valence-electron chi connectivity index (χ1n) is 7.90. The summed E-state index contributed by atoms with van der Waals surface area (Å²) in [5, 5.41) is 0. The van der Waals surface area contributed by atoms with E-state index in [1.165, 1.54) is 0 Å². The summed E-state index contributed by atoms with van der Waals surface area (Å²) in [6.07, 6.45) is 3.17. The highest BCUT2D eigenvalue weighted by molar-refractivity contribution is 6.22. The molecule has 4 aliphatic carbocycles. The Morgan fingerprint density at radius 3 is 1.82 bits per heavy atom. The Morgan fingerprint density at radius 1 is 0.818 bits per heavy atom. The maximum atomic E-state index is 13.5. The van der Waals surface area contributed by atoms with Gasteiger partial charge in [0.1, 0.15) is 11.6 Å². The molecular weight excluding hydrogens is 288 g/mol. The van der Waals surface area contributed by atoms with Crippen molar-refractivity contribution in [3.05, 3.63) is 29.8 Å². The van der Waals surface area contributed by atoms with Crippen LogP contribution in [0.5, 0.6) is 0 Å². The summed E-state index contributed by atoms with van der Waals surface area (Å²) < 4.78 is 26.9. The molecule has 114 valence electrons. The van der Waals surface area contributed by atoms with Crippen LogP contribution in [0.4, 0.5) is 14.5 Å². The number of carbonyl (C=O) groups is 2. The van der Waals surface area contributed by atoms with Crippen LogP contribution in [-0.2, 0) is 9.59 Å². The number of anilines is 1. The number of nitrogens with zero attached hydrogens (tertiary/aromatic N) is 1. The van der Waals surface area contributed by atoms with Gasteiger partial charge in [-0.15, -0.1) is 0 Å². The number of fused-ring (bicyclic) bond motifs is 1. The Morgan fingerprint density at radius 2 is 1.32 bits per heavy atom. The summed E-state index contributed by atoms with van der Waals surface area (Å²) in [7, 11) is 0.